The third kappa shape index (κ3) is 7.71. The van der Waals surface area contributed by atoms with Crippen molar-refractivity contribution >= 4 is 34.4 Å². The fraction of sp³-hybridized carbons (Fsp3) is 0.400. The van der Waals surface area contributed by atoms with Crippen LogP contribution in [0.4, 0.5) is 22.0 Å². The number of halogens is 5. The Hall–Kier alpha value is -4.49. The van der Waals surface area contributed by atoms with E-state index in [1.54, 1.807) is 0 Å². The Morgan fingerprint density at radius 2 is 1.66 bits per heavy atom. The van der Waals surface area contributed by atoms with Crippen LogP contribution < -0.4 is 20.7 Å². The topological polar surface area (TPSA) is 129 Å². The van der Waals surface area contributed by atoms with E-state index in [4.69, 9.17) is 4.74 Å². The Kier molecular flexibility index (Phi) is 10.2. The number of hydrogen-bond donors (Lipinski definition) is 4. The van der Waals surface area contributed by atoms with Crippen LogP contribution in [0.1, 0.15) is 50.0 Å². The minimum Gasteiger partial charge on any atom is -0.479 e. The third-order valence-corrected chi connectivity index (χ3v) is 7.30. The lowest BCUT2D eigenvalue weighted by molar-refractivity contribution is -0.131. The van der Waals surface area contributed by atoms with E-state index in [1.807, 2.05) is 13.8 Å². The Labute approximate surface area is 248 Å². The van der Waals surface area contributed by atoms with E-state index in [-0.39, 0.29) is 36.4 Å². The highest BCUT2D eigenvalue weighted by Gasteiger charge is 2.34. The number of Topliss-reactive ketones (excluding diaryl/α,β-unsaturated/α-hetero) is 1. The first-order valence-corrected chi connectivity index (χ1v) is 14.0. The van der Waals surface area contributed by atoms with Gasteiger partial charge in [-0.1, -0.05) is 13.8 Å². The number of H-pyrrole nitrogens is 1. The van der Waals surface area contributed by atoms with Gasteiger partial charge in [-0.15, -0.1) is 0 Å². The number of aromatic nitrogens is 1. The molecule has 3 amide bonds. The molecule has 1 saturated heterocycles. The highest BCUT2D eigenvalue weighted by Crippen LogP contribution is 2.27. The van der Waals surface area contributed by atoms with Crippen molar-refractivity contribution < 1.29 is 45.9 Å². The summed E-state index contributed by atoms with van der Waals surface area (Å²) in [5, 5.41) is 8.17. The molecule has 9 nitrogen and oxygen atoms in total. The van der Waals surface area contributed by atoms with E-state index in [1.165, 1.54) is 24.3 Å². The number of fused-ring (bicyclic) bond motifs is 1. The molecular formula is C30H31F5N4O5. The van der Waals surface area contributed by atoms with E-state index in [9.17, 15) is 41.1 Å². The van der Waals surface area contributed by atoms with Crippen molar-refractivity contribution in [3.8, 4) is 5.75 Å². The number of carbonyl (C=O) groups is 4. The van der Waals surface area contributed by atoms with Gasteiger partial charge in [0.1, 0.15) is 24.2 Å². The maximum absolute atomic E-state index is 14.1. The van der Waals surface area contributed by atoms with Gasteiger partial charge in [0.15, 0.2) is 23.2 Å². The van der Waals surface area contributed by atoms with Crippen LogP contribution in [0.2, 0.25) is 0 Å². The van der Waals surface area contributed by atoms with Crippen LogP contribution in [-0.4, -0.2) is 53.7 Å². The van der Waals surface area contributed by atoms with Crippen molar-refractivity contribution in [2.45, 2.75) is 51.6 Å². The molecule has 2 unspecified atom stereocenters. The average molecular weight is 623 g/mol. The number of ether oxygens (including phenoxy) is 1. The first kappa shape index (κ1) is 32.4. The van der Waals surface area contributed by atoms with Crippen molar-refractivity contribution in [1.82, 2.24) is 20.9 Å². The lowest BCUT2D eigenvalue weighted by atomic mass is 9.95. The Balaban J connectivity index is 1.53. The van der Waals surface area contributed by atoms with E-state index in [2.05, 4.69) is 20.9 Å². The summed E-state index contributed by atoms with van der Waals surface area (Å²) in [4.78, 5) is 54.8. The first-order valence-electron chi connectivity index (χ1n) is 14.0. The molecule has 2 aromatic carbocycles. The van der Waals surface area contributed by atoms with Gasteiger partial charge in [-0.2, -0.15) is 8.78 Å². The molecule has 1 aliphatic rings. The highest BCUT2D eigenvalue weighted by atomic mass is 19.2. The third-order valence-electron chi connectivity index (χ3n) is 7.30. The van der Waals surface area contributed by atoms with Gasteiger partial charge in [-0.25, -0.2) is 13.2 Å². The summed E-state index contributed by atoms with van der Waals surface area (Å²) in [7, 11) is 0. The Morgan fingerprint density at radius 3 is 2.30 bits per heavy atom. The van der Waals surface area contributed by atoms with E-state index >= 15 is 0 Å². The number of benzene rings is 2. The molecule has 1 aromatic heterocycles. The van der Waals surface area contributed by atoms with E-state index < -0.39 is 77.0 Å². The van der Waals surface area contributed by atoms with Gasteiger partial charge in [0.05, 0.1) is 6.04 Å². The highest BCUT2D eigenvalue weighted by molar-refractivity contribution is 6.01. The number of hydrogen-bond acceptors (Lipinski definition) is 5. The molecular weight excluding hydrogens is 591 g/mol. The zero-order valence-corrected chi connectivity index (χ0v) is 23.9. The van der Waals surface area contributed by atoms with Crippen molar-refractivity contribution in [2.75, 3.05) is 13.2 Å². The van der Waals surface area contributed by atoms with Gasteiger partial charge >= 0.3 is 0 Å². The van der Waals surface area contributed by atoms with E-state index in [0.717, 1.165) is 0 Å². The normalized spacial score (nSPS) is 16.1. The minimum atomic E-state index is -1.84. The van der Waals surface area contributed by atoms with Crippen LogP contribution >= 0.6 is 0 Å². The largest absolute Gasteiger partial charge is 0.479 e. The minimum absolute atomic E-state index is 0.0131. The van der Waals surface area contributed by atoms with Crippen LogP contribution in [-0.2, 0) is 14.4 Å². The smallest absolute Gasteiger partial charge is 0.268 e. The molecule has 0 bridgehead atoms. The number of rotatable bonds is 13. The van der Waals surface area contributed by atoms with Crippen LogP contribution in [0.25, 0.3) is 10.9 Å². The predicted octanol–water partition coefficient (Wildman–Crippen LogP) is 4.06. The van der Waals surface area contributed by atoms with E-state index in [0.29, 0.717) is 30.3 Å². The zero-order valence-electron chi connectivity index (χ0n) is 23.9. The van der Waals surface area contributed by atoms with Crippen molar-refractivity contribution in [3.63, 3.8) is 0 Å². The van der Waals surface area contributed by atoms with Crippen molar-refractivity contribution in [2.24, 2.45) is 11.8 Å². The Bertz CT molecular complexity index is 1550. The molecule has 236 valence electrons. The molecule has 1 aliphatic heterocycles. The summed E-state index contributed by atoms with van der Waals surface area (Å²) in [6.07, 6.45) is 0.782. The number of nitrogens with one attached hydrogen (secondary N) is 4. The predicted molar refractivity (Wildman–Crippen MR) is 148 cm³/mol. The Morgan fingerprint density at radius 1 is 0.955 bits per heavy atom. The van der Waals surface area contributed by atoms with Crippen molar-refractivity contribution in [1.29, 1.82) is 0 Å². The van der Waals surface area contributed by atoms with Crippen LogP contribution in [0.3, 0.4) is 0 Å². The molecule has 0 radical (unpaired) electrons. The standard InChI is InChI=1S/C30H31F5N4O5/c1-14(2)3-5-21(38-30(43)23-11-16-9-17(31)4-6-20(16)37-23)29(42)39-22(10-15-7-8-36-28(15)41)24(40)13-44-27-25(34)18(32)12-19(33)26(27)35/h4,6,9,11-12,14-15,21-22,37H,3,5,7-8,10,13H2,1-2H3,(H,36,41)(H,38,43)(H,39,42)/t15-,21?,22?/m0/s1. The number of aromatic amines is 1. The summed E-state index contributed by atoms with van der Waals surface area (Å²) in [6.45, 7) is 3.04. The van der Waals surface area contributed by atoms with Crippen molar-refractivity contribution in [3.05, 3.63) is 65.1 Å². The number of carbonyl (C=O) groups excluding carboxylic acids is 4. The van der Waals surface area contributed by atoms with Gasteiger partial charge in [0.2, 0.25) is 23.4 Å². The maximum atomic E-state index is 14.1. The molecule has 0 spiro atoms. The fourth-order valence-electron chi connectivity index (χ4n) is 4.85. The molecule has 4 rings (SSSR count). The molecule has 0 saturated carbocycles. The lowest BCUT2D eigenvalue weighted by Crippen LogP contribution is -2.53. The van der Waals surface area contributed by atoms with Gasteiger partial charge in [0, 0.05) is 29.4 Å². The molecule has 2 heterocycles. The summed E-state index contributed by atoms with van der Waals surface area (Å²) in [5.41, 5.74) is 0.550. The summed E-state index contributed by atoms with van der Waals surface area (Å²) in [6, 6.07) is 2.74. The summed E-state index contributed by atoms with van der Waals surface area (Å²) >= 11 is 0. The van der Waals surface area contributed by atoms with Crippen LogP contribution in [0, 0.1) is 40.9 Å². The second kappa shape index (κ2) is 13.9. The fourth-order valence-corrected chi connectivity index (χ4v) is 4.85. The van der Waals surface area contributed by atoms with Gasteiger partial charge in [0.25, 0.3) is 5.91 Å². The number of ketones is 1. The molecule has 14 heteroatoms. The maximum Gasteiger partial charge on any atom is 0.268 e. The van der Waals surface area contributed by atoms with Gasteiger partial charge in [-0.05, 0) is 55.9 Å². The second-order valence-electron chi connectivity index (χ2n) is 11.0. The van der Waals surface area contributed by atoms with Crippen LogP contribution in [0.5, 0.6) is 5.75 Å². The lowest BCUT2D eigenvalue weighted by Gasteiger charge is -2.24. The first-order chi connectivity index (χ1) is 20.8. The SMILES string of the molecule is CC(C)CCC(NC(=O)c1cc2cc(F)ccc2[nH]1)C(=O)NC(C[C@@H]1CCNC1=O)C(=O)COc1c(F)c(F)cc(F)c1F. The summed E-state index contributed by atoms with van der Waals surface area (Å²) < 4.78 is 73.8. The second-order valence-corrected chi connectivity index (χ2v) is 11.0. The molecule has 0 aliphatic carbocycles. The average Bonchev–Trinajstić information content (AvgIpc) is 3.58. The number of amides is 3. The molecule has 1 fully saturated rings. The monoisotopic (exact) mass is 622 g/mol. The molecule has 44 heavy (non-hydrogen) atoms. The molecule has 4 N–H and O–H groups in total. The quantitative estimate of drug-likeness (QED) is 0.169. The van der Waals surface area contributed by atoms with Gasteiger partial charge < -0.3 is 25.7 Å². The van der Waals surface area contributed by atoms with Gasteiger partial charge in [-0.3, -0.25) is 19.2 Å². The van der Waals surface area contributed by atoms with Crippen LogP contribution in [0.15, 0.2) is 30.3 Å². The molecule has 3 aromatic rings. The molecule has 3 atom stereocenters. The summed E-state index contributed by atoms with van der Waals surface area (Å²) in [5.74, 6) is -12.4. The zero-order chi connectivity index (χ0) is 32.1.